The molecule has 0 unspecified atom stereocenters. The molecule has 1 aliphatic carbocycles. The Morgan fingerprint density at radius 3 is 2.57 bits per heavy atom. The third-order valence-corrected chi connectivity index (χ3v) is 7.00. The molecular weight excluding hydrogens is 472 g/mol. The van der Waals surface area contributed by atoms with Gasteiger partial charge in [0.05, 0.1) is 11.4 Å². The molecule has 176 valence electrons. The summed E-state index contributed by atoms with van der Waals surface area (Å²) in [6.07, 6.45) is 1.86. The zero-order valence-corrected chi connectivity index (χ0v) is 19.2. The SMILES string of the molecule is O=C(Nc1nc2ccc(-c3ccc4c(c3)CN(C(=O)Nc3ccc(F)cc3F)C4)nc2s1)C1CC1. The van der Waals surface area contributed by atoms with Gasteiger partial charge >= 0.3 is 6.03 Å². The molecule has 1 fully saturated rings. The van der Waals surface area contributed by atoms with Crippen LogP contribution >= 0.6 is 11.3 Å². The Balaban J connectivity index is 1.18. The highest BCUT2D eigenvalue weighted by Gasteiger charge is 2.30. The van der Waals surface area contributed by atoms with Gasteiger partial charge in [0.25, 0.3) is 0 Å². The van der Waals surface area contributed by atoms with Crippen molar-refractivity contribution in [1.29, 1.82) is 0 Å². The number of halogens is 2. The Bertz CT molecular complexity index is 1500. The number of fused-ring (bicyclic) bond motifs is 2. The summed E-state index contributed by atoms with van der Waals surface area (Å²) in [5.41, 5.74) is 4.28. The molecule has 0 saturated heterocycles. The van der Waals surface area contributed by atoms with Gasteiger partial charge in [-0.2, -0.15) is 0 Å². The summed E-state index contributed by atoms with van der Waals surface area (Å²) in [6.45, 7) is 0.744. The quantitative estimate of drug-likeness (QED) is 0.393. The number of carbonyl (C=O) groups is 2. The minimum absolute atomic E-state index is 0.0126. The van der Waals surface area contributed by atoms with E-state index in [4.69, 9.17) is 4.98 Å². The summed E-state index contributed by atoms with van der Waals surface area (Å²) >= 11 is 1.34. The highest BCUT2D eigenvalue weighted by Crippen LogP contribution is 2.33. The van der Waals surface area contributed by atoms with Gasteiger partial charge in [-0.1, -0.05) is 23.5 Å². The molecular formula is C25H19F2N5O2S. The van der Waals surface area contributed by atoms with Crippen molar-refractivity contribution >= 4 is 44.4 Å². The van der Waals surface area contributed by atoms with E-state index in [2.05, 4.69) is 15.6 Å². The summed E-state index contributed by atoms with van der Waals surface area (Å²) in [4.78, 5) is 36.2. The van der Waals surface area contributed by atoms with Crippen LogP contribution in [0, 0.1) is 17.6 Å². The molecule has 4 aromatic rings. The largest absolute Gasteiger partial charge is 0.322 e. The van der Waals surface area contributed by atoms with Crippen LogP contribution in [0.25, 0.3) is 21.6 Å². The number of hydrogen-bond donors (Lipinski definition) is 2. The molecule has 0 spiro atoms. The second-order valence-corrected chi connectivity index (χ2v) is 9.67. The molecule has 35 heavy (non-hydrogen) atoms. The van der Waals surface area contributed by atoms with Gasteiger partial charge in [0.2, 0.25) is 5.91 Å². The van der Waals surface area contributed by atoms with E-state index in [1.165, 1.54) is 17.4 Å². The first-order valence-electron chi connectivity index (χ1n) is 11.1. The number of rotatable bonds is 4. The summed E-state index contributed by atoms with van der Waals surface area (Å²) in [5.74, 6) is -1.41. The number of nitrogens with zero attached hydrogens (tertiary/aromatic N) is 3. The smallest absolute Gasteiger partial charge is 0.316 e. The van der Waals surface area contributed by atoms with Crippen LogP contribution in [0.5, 0.6) is 0 Å². The number of benzene rings is 2. The van der Waals surface area contributed by atoms with Crippen LogP contribution in [-0.2, 0) is 17.9 Å². The minimum Gasteiger partial charge on any atom is -0.316 e. The average Bonchev–Trinajstić information content (AvgIpc) is 3.48. The van der Waals surface area contributed by atoms with Crippen molar-refractivity contribution in [3.63, 3.8) is 0 Å². The average molecular weight is 492 g/mol. The zero-order chi connectivity index (χ0) is 24.1. The Morgan fingerprint density at radius 1 is 0.943 bits per heavy atom. The van der Waals surface area contributed by atoms with Crippen LogP contribution in [0.2, 0.25) is 0 Å². The predicted octanol–water partition coefficient (Wildman–Crippen LogP) is 5.53. The predicted molar refractivity (Wildman–Crippen MR) is 129 cm³/mol. The lowest BCUT2D eigenvalue weighted by Gasteiger charge is -2.16. The number of aromatic nitrogens is 2. The number of hydrogen-bond acceptors (Lipinski definition) is 5. The molecule has 7 nitrogen and oxygen atoms in total. The Kier molecular flexibility index (Phi) is 5.18. The normalized spacial score (nSPS) is 14.7. The van der Waals surface area contributed by atoms with E-state index in [1.54, 1.807) is 4.90 Å². The van der Waals surface area contributed by atoms with Crippen LogP contribution in [0.1, 0.15) is 24.0 Å². The van der Waals surface area contributed by atoms with Gasteiger partial charge < -0.3 is 15.5 Å². The Hall–Kier alpha value is -3.92. The van der Waals surface area contributed by atoms with E-state index in [9.17, 15) is 18.4 Å². The molecule has 1 aliphatic heterocycles. The van der Waals surface area contributed by atoms with Crippen molar-refractivity contribution in [2.24, 2.45) is 5.92 Å². The standard InChI is InChI=1S/C25H19F2N5O2S/c26-17-5-6-20(18(27)10-17)30-25(34)32-11-15-4-3-14(9-16(15)12-32)19-7-8-21-23(28-19)35-24(29-21)31-22(33)13-1-2-13/h3-10,13H,1-2,11-12H2,(H,30,34)(H,29,31,33). The molecule has 1 saturated carbocycles. The number of thiazole rings is 1. The van der Waals surface area contributed by atoms with E-state index >= 15 is 0 Å². The fourth-order valence-electron chi connectivity index (χ4n) is 4.07. The van der Waals surface area contributed by atoms with Gasteiger partial charge in [-0.05, 0) is 54.3 Å². The van der Waals surface area contributed by atoms with E-state index in [1.807, 2.05) is 30.3 Å². The van der Waals surface area contributed by atoms with Gasteiger partial charge in [-0.15, -0.1) is 0 Å². The number of urea groups is 1. The summed E-state index contributed by atoms with van der Waals surface area (Å²) < 4.78 is 27.0. The number of carbonyl (C=O) groups excluding carboxylic acids is 2. The first-order chi connectivity index (χ1) is 16.9. The highest BCUT2D eigenvalue weighted by atomic mass is 32.1. The molecule has 0 radical (unpaired) electrons. The molecule has 3 heterocycles. The van der Waals surface area contributed by atoms with Crippen LogP contribution in [-0.4, -0.2) is 26.8 Å². The van der Waals surface area contributed by atoms with Crippen molar-refractivity contribution < 1.29 is 18.4 Å². The minimum atomic E-state index is -0.822. The summed E-state index contributed by atoms with van der Waals surface area (Å²) in [6, 6.07) is 12.2. The van der Waals surface area contributed by atoms with Gasteiger partial charge in [0.15, 0.2) is 5.13 Å². The Morgan fingerprint density at radius 2 is 1.77 bits per heavy atom. The maximum absolute atomic E-state index is 13.9. The van der Waals surface area contributed by atoms with E-state index in [-0.39, 0.29) is 17.5 Å². The zero-order valence-electron chi connectivity index (χ0n) is 18.3. The van der Waals surface area contributed by atoms with E-state index < -0.39 is 17.7 Å². The third kappa shape index (κ3) is 4.32. The summed E-state index contributed by atoms with van der Waals surface area (Å²) in [5, 5.41) is 5.92. The van der Waals surface area contributed by atoms with Gasteiger partial charge in [0, 0.05) is 30.6 Å². The first-order valence-corrected chi connectivity index (χ1v) is 12.0. The maximum Gasteiger partial charge on any atom is 0.322 e. The van der Waals surface area contributed by atoms with Crippen molar-refractivity contribution in [1.82, 2.24) is 14.9 Å². The maximum atomic E-state index is 13.9. The van der Waals surface area contributed by atoms with Gasteiger partial charge in [-0.25, -0.2) is 23.5 Å². The van der Waals surface area contributed by atoms with Crippen molar-refractivity contribution in [2.75, 3.05) is 10.6 Å². The monoisotopic (exact) mass is 491 g/mol. The molecule has 10 heteroatoms. The van der Waals surface area contributed by atoms with Crippen LogP contribution < -0.4 is 10.6 Å². The molecule has 2 aromatic carbocycles. The van der Waals surface area contributed by atoms with Crippen LogP contribution in [0.15, 0.2) is 48.5 Å². The van der Waals surface area contributed by atoms with Crippen molar-refractivity contribution in [3.8, 4) is 11.3 Å². The second-order valence-electron chi connectivity index (χ2n) is 8.70. The van der Waals surface area contributed by atoms with Gasteiger partial charge in [0.1, 0.15) is 22.0 Å². The van der Waals surface area contributed by atoms with Crippen molar-refractivity contribution in [3.05, 3.63) is 71.3 Å². The molecule has 0 bridgehead atoms. The van der Waals surface area contributed by atoms with Crippen LogP contribution in [0.3, 0.4) is 0 Å². The highest BCUT2D eigenvalue weighted by molar-refractivity contribution is 7.22. The molecule has 3 amide bonds. The van der Waals surface area contributed by atoms with Crippen LogP contribution in [0.4, 0.5) is 24.4 Å². The van der Waals surface area contributed by atoms with Crippen molar-refractivity contribution in [2.45, 2.75) is 25.9 Å². The number of amides is 3. The number of anilines is 2. The number of nitrogens with one attached hydrogen (secondary N) is 2. The lowest BCUT2D eigenvalue weighted by molar-refractivity contribution is -0.117. The molecule has 2 aromatic heterocycles. The lowest BCUT2D eigenvalue weighted by Crippen LogP contribution is -2.30. The number of pyridine rings is 1. The third-order valence-electron chi connectivity index (χ3n) is 6.12. The topological polar surface area (TPSA) is 87.2 Å². The molecule has 2 aliphatic rings. The molecule has 0 atom stereocenters. The fourth-order valence-corrected chi connectivity index (χ4v) is 4.91. The first kappa shape index (κ1) is 21.6. The molecule has 2 N–H and O–H groups in total. The summed E-state index contributed by atoms with van der Waals surface area (Å²) in [7, 11) is 0. The van der Waals surface area contributed by atoms with E-state index in [0.29, 0.717) is 18.2 Å². The Labute approximate surface area is 202 Å². The second kappa shape index (κ2) is 8.38. The lowest BCUT2D eigenvalue weighted by atomic mass is 10.0. The molecule has 6 rings (SSSR count). The fraction of sp³-hybridized carbons (Fsp3) is 0.200. The van der Waals surface area contributed by atoms with Gasteiger partial charge in [-0.3, -0.25) is 4.79 Å². The van der Waals surface area contributed by atoms with E-state index in [0.717, 1.165) is 57.7 Å².